The molecule has 0 bridgehead atoms. The van der Waals surface area contributed by atoms with Crippen LogP contribution in [-0.2, 0) is 25.5 Å². The van der Waals surface area contributed by atoms with Gasteiger partial charge < -0.3 is 14.2 Å². The lowest BCUT2D eigenvalue weighted by Crippen LogP contribution is -2.43. The molecule has 30 heavy (non-hydrogen) atoms. The number of hydrogen-bond donors (Lipinski definition) is 0. The number of rotatable bonds is 7. The van der Waals surface area contributed by atoms with E-state index in [2.05, 4.69) is 0 Å². The highest BCUT2D eigenvalue weighted by Crippen LogP contribution is 2.22. The van der Waals surface area contributed by atoms with Crippen molar-refractivity contribution in [2.24, 2.45) is 0 Å². The summed E-state index contributed by atoms with van der Waals surface area (Å²) in [5.74, 6) is 0.339. The Balaban J connectivity index is 2.91. The lowest BCUT2D eigenvalue weighted by atomic mass is 10.2. The fraction of sp³-hybridized carbons (Fsp3) is 0.591. The molecule has 0 aromatic heterocycles. The Morgan fingerprint density at radius 2 is 1.53 bits per heavy atom. The van der Waals surface area contributed by atoms with E-state index in [9.17, 15) is 14.4 Å². The van der Waals surface area contributed by atoms with Crippen LogP contribution in [0, 0.1) is 0 Å². The highest BCUT2D eigenvalue weighted by Gasteiger charge is 2.31. The number of ether oxygens (including phenoxy) is 3. The first-order chi connectivity index (χ1) is 13.8. The van der Waals surface area contributed by atoms with E-state index in [1.54, 1.807) is 48.5 Å². The van der Waals surface area contributed by atoms with Crippen LogP contribution in [0.25, 0.3) is 0 Å². The number of carbonyl (C=O) groups excluding carboxylic acids is 3. The van der Waals surface area contributed by atoms with Gasteiger partial charge in [0.05, 0.1) is 19.6 Å². The summed E-state index contributed by atoms with van der Waals surface area (Å²) in [6.07, 6.45) is -1.22. The van der Waals surface area contributed by atoms with Gasteiger partial charge in [0.15, 0.2) is 0 Å². The predicted octanol–water partition coefficient (Wildman–Crippen LogP) is 5.40. The second kappa shape index (κ2) is 11.2. The smallest absolute Gasteiger partial charge is 0.420 e. The summed E-state index contributed by atoms with van der Waals surface area (Å²) in [4.78, 5) is 38.6. The summed E-state index contributed by atoms with van der Waals surface area (Å²) in [6.45, 7) is 12.6. The molecule has 0 aliphatic rings. The molecule has 0 saturated carbocycles. The van der Waals surface area contributed by atoms with Gasteiger partial charge in [-0.3, -0.25) is 4.79 Å². The molecule has 1 aromatic carbocycles. The number of hydrogen-bond acceptors (Lipinski definition) is 7. The third kappa shape index (κ3) is 10.5. The van der Waals surface area contributed by atoms with Crippen molar-refractivity contribution in [1.29, 1.82) is 0 Å². The van der Waals surface area contributed by atoms with Crippen molar-refractivity contribution in [3.05, 3.63) is 29.8 Å². The van der Waals surface area contributed by atoms with E-state index in [1.165, 1.54) is 11.8 Å². The Kier molecular flexibility index (Phi) is 9.68. The molecule has 7 nitrogen and oxygen atoms in total. The van der Waals surface area contributed by atoms with E-state index in [1.807, 2.05) is 24.3 Å². The average Bonchev–Trinajstić information content (AvgIpc) is 2.57. The van der Waals surface area contributed by atoms with Gasteiger partial charge in [-0.05, 0) is 66.2 Å². The van der Waals surface area contributed by atoms with Gasteiger partial charge in [-0.15, -0.1) is 11.8 Å². The van der Waals surface area contributed by atoms with Gasteiger partial charge in [0.1, 0.15) is 11.2 Å². The quantitative estimate of drug-likeness (QED) is 0.319. The standard InChI is InChI=1S/C22H33NO6S/c1-8-27-18(24)12-13-30-17-11-9-10-16(14-17)15-23(19(25)28-21(2,3)4)20(26)29-22(5,6)7/h9-11,14H,8,12-13,15H2,1-7H3. The Bertz CT molecular complexity index is 708. The summed E-state index contributed by atoms with van der Waals surface area (Å²) < 4.78 is 15.7. The number of carbonyl (C=O) groups is 3. The molecule has 1 rings (SSSR count). The SMILES string of the molecule is CCOC(=O)CCSc1cccc(CN(C(=O)OC(C)(C)C)C(=O)OC(C)(C)C)c1. The molecule has 0 unspecified atom stereocenters. The number of amides is 2. The number of thioether (sulfide) groups is 1. The number of nitrogens with zero attached hydrogens (tertiary/aromatic N) is 1. The van der Waals surface area contributed by atoms with Crippen molar-refractivity contribution in [3.8, 4) is 0 Å². The zero-order valence-electron chi connectivity index (χ0n) is 18.9. The second-order valence-corrected chi connectivity index (χ2v) is 9.77. The summed E-state index contributed by atoms with van der Waals surface area (Å²) in [7, 11) is 0. The molecule has 0 heterocycles. The molecular weight excluding hydrogens is 406 g/mol. The molecule has 0 fully saturated rings. The average molecular weight is 440 g/mol. The van der Waals surface area contributed by atoms with Gasteiger partial charge in [-0.2, -0.15) is 0 Å². The van der Waals surface area contributed by atoms with Gasteiger partial charge >= 0.3 is 18.2 Å². The fourth-order valence-electron chi connectivity index (χ4n) is 2.24. The predicted molar refractivity (Wildman–Crippen MR) is 116 cm³/mol. The largest absolute Gasteiger partial charge is 0.466 e. The molecule has 1 aromatic rings. The minimum atomic E-state index is -0.767. The minimum absolute atomic E-state index is 0.0100. The van der Waals surface area contributed by atoms with E-state index in [0.29, 0.717) is 18.8 Å². The molecule has 0 atom stereocenters. The van der Waals surface area contributed by atoms with Crippen LogP contribution < -0.4 is 0 Å². The van der Waals surface area contributed by atoms with Gasteiger partial charge in [0, 0.05) is 10.6 Å². The van der Waals surface area contributed by atoms with Crippen molar-refractivity contribution >= 4 is 29.9 Å². The fourth-order valence-corrected chi connectivity index (χ4v) is 3.15. The molecule has 8 heteroatoms. The molecular formula is C22H33NO6S. The third-order valence-corrected chi connectivity index (χ3v) is 4.34. The van der Waals surface area contributed by atoms with Crippen molar-refractivity contribution in [1.82, 2.24) is 4.90 Å². The first-order valence-electron chi connectivity index (χ1n) is 9.91. The Morgan fingerprint density at radius 1 is 0.967 bits per heavy atom. The molecule has 0 N–H and O–H groups in total. The van der Waals surface area contributed by atoms with Crippen LogP contribution in [0.2, 0.25) is 0 Å². The number of esters is 1. The Morgan fingerprint density at radius 3 is 2.03 bits per heavy atom. The van der Waals surface area contributed by atoms with Crippen molar-refractivity contribution in [2.75, 3.05) is 12.4 Å². The van der Waals surface area contributed by atoms with Crippen LogP contribution in [0.5, 0.6) is 0 Å². The summed E-state index contributed by atoms with van der Waals surface area (Å²) in [6, 6.07) is 7.43. The van der Waals surface area contributed by atoms with E-state index < -0.39 is 23.4 Å². The van der Waals surface area contributed by atoms with Crippen LogP contribution in [-0.4, -0.2) is 46.6 Å². The van der Waals surface area contributed by atoms with Gasteiger partial charge in [0.25, 0.3) is 0 Å². The molecule has 0 radical (unpaired) electrons. The summed E-state index contributed by atoms with van der Waals surface area (Å²) in [5.41, 5.74) is -0.752. The highest BCUT2D eigenvalue weighted by molar-refractivity contribution is 7.99. The Labute approximate surface area is 183 Å². The van der Waals surface area contributed by atoms with Gasteiger partial charge in [0.2, 0.25) is 0 Å². The van der Waals surface area contributed by atoms with Crippen LogP contribution in [0.3, 0.4) is 0 Å². The first-order valence-corrected chi connectivity index (χ1v) is 10.9. The van der Waals surface area contributed by atoms with Gasteiger partial charge in [-0.25, -0.2) is 14.5 Å². The maximum atomic E-state index is 12.6. The van der Waals surface area contributed by atoms with Crippen molar-refractivity contribution in [2.45, 2.75) is 77.5 Å². The van der Waals surface area contributed by atoms with Crippen molar-refractivity contribution < 1.29 is 28.6 Å². The third-order valence-electron chi connectivity index (χ3n) is 3.35. The monoisotopic (exact) mass is 439 g/mol. The molecule has 168 valence electrons. The van der Waals surface area contributed by atoms with Gasteiger partial charge in [-0.1, -0.05) is 12.1 Å². The van der Waals surface area contributed by atoms with Crippen molar-refractivity contribution in [3.63, 3.8) is 0 Å². The normalized spacial score (nSPS) is 11.6. The highest BCUT2D eigenvalue weighted by atomic mass is 32.2. The molecule has 0 saturated heterocycles. The maximum absolute atomic E-state index is 12.6. The lowest BCUT2D eigenvalue weighted by Gasteiger charge is -2.28. The van der Waals surface area contributed by atoms with Crippen LogP contribution in [0.4, 0.5) is 9.59 Å². The van der Waals surface area contributed by atoms with Crippen LogP contribution in [0.1, 0.15) is 60.5 Å². The maximum Gasteiger partial charge on any atom is 0.420 e. The van der Waals surface area contributed by atoms with E-state index in [-0.39, 0.29) is 12.5 Å². The van der Waals surface area contributed by atoms with Crippen LogP contribution >= 0.6 is 11.8 Å². The number of benzene rings is 1. The topological polar surface area (TPSA) is 82.1 Å². The minimum Gasteiger partial charge on any atom is -0.466 e. The summed E-state index contributed by atoms with van der Waals surface area (Å²) >= 11 is 1.50. The first kappa shape index (κ1) is 25.8. The Hall–Kier alpha value is -2.22. The van der Waals surface area contributed by atoms with Crippen LogP contribution in [0.15, 0.2) is 29.2 Å². The van der Waals surface area contributed by atoms with E-state index in [4.69, 9.17) is 14.2 Å². The zero-order valence-corrected chi connectivity index (χ0v) is 19.8. The van der Waals surface area contributed by atoms with E-state index >= 15 is 0 Å². The number of imide groups is 1. The molecule has 0 spiro atoms. The second-order valence-electron chi connectivity index (χ2n) is 8.60. The molecule has 0 aliphatic heterocycles. The molecule has 2 amide bonds. The lowest BCUT2D eigenvalue weighted by molar-refractivity contribution is -0.142. The van der Waals surface area contributed by atoms with E-state index in [0.717, 1.165) is 15.4 Å². The zero-order chi connectivity index (χ0) is 22.9. The summed E-state index contributed by atoms with van der Waals surface area (Å²) in [5, 5.41) is 0. The molecule has 0 aliphatic carbocycles.